The summed E-state index contributed by atoms with van der Waals surface area (Å²) in [5.74, 6) is -0.0577. The summed E-state index contributed by atoms with van der Waals surface area (Å²) in [6.45, 7) is 4.10. The van der Waals surface area contributed by atoms with Gasteiger partial charge in [-0.05, 0) is 39.7 Å². The number of carbonyl (C=O) groups is 1. The fourth-order valence-electron chi connectivity index (χ4n) is 1.91. The Kier molecular flexibility index (Phi) is 5.24. The van der Waals surface area contributed by atoms with Crippen molar-refractivity contribution >= 4 is 61.9 Å². The lowest BCUT2D eigenvalue weighted by molar-refractivity contribution is -0.121. The highest BCUT2D eigenvalue weighted by Crippen LogP contribution is 2.33. The third-order valence-corrected chi connectivity index (χ3v) is 4.95. The minimum Gasteiger partial charge on any atom is -0.377 e. The summed E-state index contributed by atoms with van der Waals surface area (Å²) in [7, 11) is 3.97. The molecule has 0 radical (unpaired) electrons. The van der Waals surface area contributed by atoms with Gasteiger partial charge in [0.15, 0.2) is 0 Å². The number of halogens is 1. The summed E-state index contributed by atoms with van der Waals surface area (Å²) in [6, 6.07) is 6.00. The largest absolute Gasteiger partial charge is 0.377 e. The van der Waals surface area contributed by atoms with E-state index in [1.165, 1.54) is 11.8 Å². The molecule has 1 aliphatic rings. The summed E-state index contributed by atoms with van der Waals surface area (Å²) in [5, 5.41) is 0. The van der Waals surface area contributed by atoms with Gasteiger partial charge in [0, 0.05) is 25.1 Å². The second-order valence-electron chi connectivity index (χ2n) is 4.69. The van der Waals surface area contributed by atoms with Gasteiger partial charge < -0.3 is 4.90 Å². The van der Waals surface area contributed by atoms with Crippen molar-refractivity contribution in [1.29, 1.82) is 0 Å². The number of thiocarbonyl (C=S) groups is 1. The molecule has 0 atom stereocenters. The van der Waals surface area contributed by atoms with E-state index < -0.39 is 0 Å². The minimum atomic E-state index is -0.0577. The van der Waals surface area contributed by atoms with Gasteiger partial charge in [0.05, 0.1) is 10.6 Å². The molecule has 0 N–H and O–H groups in total. The van der Waals surface area contributed by atoms with Crippen molar-refractivity contribution in [2.24, 2.45) is 0 Å². The fraction of sp³-hybridized carbons (Fsp3) is 0.200. The molecule has 0 unspecified atom stereocenters. The molecule has 0 spiro atoms. The lowest BCUT2D eigenvalue weighted by Crippen LogP contribution is -2.27. The molecule has 6 heteroatoms. The van der Waals surface area contributed by atoms with Gasteiger partial charge in [-0.1, -0.05) is 36.1 Å². The highest BCUT2D eigenvalue weighted by Gasteiger charge is 2.30. The Labute approximate surface area is 142 Å². The highest BCUT2D eigenvalue weighted by atomic mass is 79.9. The summed E-state index contributed by atoms with van der Waals surface area (Å²) in [4.78, 5) is 16.5. The first-order valence-electron chi connectivity index (χ1n) is 6.27. The standard InChI is InChI=1S/C15H15BrN2OS2/c1-4-7-18-14(19)13(21-15(18)20)9-10-5-6-12(17(2)3)11(16)8-10/h4-6,8-9H,1,7H2,2-3H3/b13-9-. The first-order chi connectivity index (χ1) is 9.93. The van der Waals surface area contributed by atoms with Crippen LogP contribution in [-0.2, 0) is 4.79 Å². The number of amides is 1. The Hall–Kier alpha value is -1.11. The van der Waals surface area contributed by atoms with Gasteiger partial charge in [-0.15, -0.1) is 6.58 Å². The van der Waals surface area contributed by atoms with Crippen LogP contribution in [0.3, 0.4) is 0 Å². The van der Waals surface area contributed by atoms with E-state index in [4.69, 9.17) is 12.2 Å². The summed E-state index contributed by atoms with van der Waals surface area (Å²) in [6.07, 6.45) is 3.54. The van der Waals surface area contributed by atoms with Crippen LogP contribution in [0.1, 0.15) is 5.56 Å². The van der Waals surface area contributed by atoms with Crippen molar-refractivity contribution < 1.29 is 4.79 Å². The molecule has 1 aliphatic heterocycles. The van der Waals surface area contributed by atoms with Crippen molar-refractivity contribution in [2.45, 2.75) is 0 Å². The number of rotatable bonds is 4. The number of anilines is 1. The van der Waals surface area contributed by atoms with E-state index in [0.717, 1.165) is 15.7 Å². The van der Waals surface area contributed by atoms with Crippen LogP contribution in [0.25, 0.3) is 6.08 Å². The summed E-state index contributed by atoms with van der Waals surface area (Å²) < 4.78 is 1.57. The normalized spacial score (nSPS) is 16.7. The third kappa shape index (κ3) is 3.56. The van der Waals surface area contributed by atoms with Crippen LogP contribution in [0, 0.1) is 0 Å². The molecule has 1 fully saturated rings. The number of hydrogen-bond acceptors (Lipinski definition) is 4. The SMILES string of the molecule is C=CCN1C(=O)/C(=C/c2ccc(N(C)C)c(Br)c2)SC1=S. The Balaban J connectivity index is 2.28. The van der Waals surface area contributed by atoms with Crippen LogP contribution >= 0.6 is 39.9 Å². The first kappa shape index (κ1) is 16.3. The zero-order valence-corrected chi connectivity index (χ0v) is 15.0. The molecule has 0 bridgehead atoms. The van der Waals surface area contributed by atoms with Gasteiger partial charge in [0.1, 0.15) is 4.32 Å². The Bertz CT molecular complexity index is 641. The third-order valence-electron chi connectivity index (χ3n) is 2.94. The van der Waals surface area contributed by atoms with Gasteiger partial charge in [0.2, 0.25) is 0 Å². The van der Waals surface area contributed by atoms with E-state index in [-0.39, 0.29) is 5.91 Å². The van der Waals surface area contributed by atoms with Crippen LogP contribution in [0.4, 0.5) is 5.69 Å². The minimum absolute atomic E-state index is 0.0577. The van der Waals surface area contributed by atoms with Gasteiger partial charge in [0.25, 0.3) is 5.91 Å². The van der Waals surface area contributed by atoms with E-state index in [9.17, 15) is 4.79 Å². The van der Waals surface area contributed by atoms with Gasteiger partial charge in [-0.25, -0.2) is 0 Å². The smallest absolute Gasteiger partial charge is 0.266 e. The van der Waals surface area contributed by atoms with E-state index in [1.54, 1.807) is 11.0 Å². The Morgan fingerprint density at radius 1 is 1.48 bits per heavy atom. The predicted octanol–water partition coefficient (Wildman–Crippen LogP) is 3.90. The number of nitrogens with zero attached hydrogens (tertiary/aromatic N) is 2. The average molecular weight is 383 g/mol. The predicted molar refractivity (Wildman–Crippen MR) is 98.5 cm³/mol. The molecule has 1 saturated heterocycles. The fourth-order valence-corrected chi connectivity index (χ4v) is 3.94. The Morgan fingerprint density at radius 2 is 2.19 bits per heavy atom. The highest BCUT2D eigenvalue weighted by molar-refractivity contribution is 9.10. The molecule has 3 nitrogen and oxygen atoms in total. The lowest BCUT2D eigenvalue weighted by Gasteiger charge is -2.14. The molecule has 1 amide bonds. The molecular formula is C15H15BrN2OS2. The second kappa shape index (κ2) is 6.77. The van der Waals surface area contributed by atoms with E-state index in [2.05, 4.69) is 22.5 Å². The maximum Gasteiger partial charge on any atom is 0.266 e. The lowest BCUT2D eigenvalue weighted by atomic mass is 10.2. The Morgan fingerprint density at radius 3 is 2.76 bits per heavy atom. The number of benzene rings is 1. The van der Waals surface area contributed by atoms with Crippen molar-refractivity contribution in [3.05, 3.63) is 45.8 Å². The van der Waals surface area contributed by atoms with Crippen LogP contribution in [0.2, 0.25) is 0 Å². The maximum atomic E-state index is 12.3. The van der Waals surface area contributed by atoms with Gasteiger partial charge >= 0.3 is 0 Å². The summed E-state index contributed by atoms with van der Waals surface area (Å²) in [5.41, 5.74) is 2.05. The average Bonchev–Trinajstić information content (AvgIpc) is 2.66. The van der Waals surface area contributed by atoms with Crippen LogP contribution in [0.5, 0.6) is 0 Å². The van der Waals surface area contributed by atoms with Gasteiger partial charge in [-0.2, -0.15) is 0 Å². The maximum absolute atomic E-state index is 12.3. The van der Waals surface area contributed by atoms with Crippen molar-refractivity contribution in [1.82, 2.24) is 4.90 Å². The van der Waals surface area contributed by atoms with Crippen molar-refractivity contribution in [3.63, 3.8) is 0 Å². The quantitative estimate of drug-likeness (QED) is 0.447. The molecule has 0 aliphatic carbocycles. The molecule has 21 heavy (non-hydrogen) atoms. The van der Waals surface area contributed by atoms with Crippen LogP contribution in [-0.4, -0.2) is 35.8 Å². The molecule has 2 rings (SSSR count). The molecular weight excluding hydrogens is 368 g/mol. The van der Waals surface area contributed by atoms with Gasteiger partial charge in [-0.3, -0.25) is 9.69 Å². The monoisotopic (exact) mass is 382 g/mol. The molecule has 0 saturated carbocycles. The first-order valence-corrected chi connectivity index (χ1v) is 8.29. The second-order valence-corrected chi connectivity index (χ2v) is 7.22. The van der Waals surface area contributed by atoms with E-state index >= 15 is 0 Å². The number of carbonyl (C=O) groups excluding carboxylic acids is 1. The summed E-state index contributed by atoms with van der Waals surface area (Å²) >= 11 is 10.1. The topological polar surface area (TPSA) is 23.6 Å². The zero-order chi connectivity index (χ0) is 15.6. The number of thioether (sulfide) groups is 1. The van der Waals surface area contributed by atoms with Crippen molar-refractivity contribution in [2.75, 3.05) is 25.5 Å². The molecule has 1 aromatic rings. The molecule has 1 heterocycles. The van der Waals surface area contributed by atoms with Crippen LogP contribution in [0.15, 0.2) is 40.2 Å². The molecule has 1 aromatic carbocycles. The molecule has 0 aromatic heterocycles. The van der Waals surface area contributed by atoms with E-state index in [0.29, 0.717) is 15.8 Å². The zero-order valence-electron chi connectivity index (χ0n) is 11.8. The van der Waals surface area contributed by atoms with Crippen molar-refractivity contribution in [3.8, 4) is 0 Å². The van der Waals surface area contributed by atoms with E-state index in [1.807, 2.05) is 43.3 Å². The molecule has 110 valence electrons. The van der Waals surface area contributed by atoms with Crippen LogP contribution < -0.4 is 4.90 Å². The number of hydrogen-bond donors (Lipinski definition) is 0.